The molecule has 0 aromatic rings. The van der Waals surface area contributed by atoms with E-state index >= 15 is 0 Å². The van der Waals surface area contributed by atoms with Crippen LogP contribution in [-0.2, 0) is 34.0 Å². The average Bonchev–Trinajstić information content (AvgIpc) is 3.03. The van der Waals surface area contributed by atoms with E-state index in [0.717, 1.165) is 19.3 Å². The second-order valence-electron chi connectivity index (χ2n) is 11.0. The van der Waals surface area contributed by atoms with Crippen LogP contribution in [0.3, 0.4) is 0 Å². The molecule has 4 saturated carbocycles. The topological polar surface area (TPSA) is 164 Å². The SMILES string of the molecule is CC12CCC3C(C[C@H](OS(=O)(=O)O)[C@H]4C[C@@H](OS(=O)(=O)O)CCC34C)C1CCC2C(=O)CO. The van der Waals surface area contributed by atoms with Gasteiger partial charge in [0.15, 0.2) is 5.78 Å². The van der Waals surface area contributed by atoms with Crippen LogP contribution in [0.1, 0.15) is 65.2 Å². The molecule has 3 N–H and O–H groups in total. The fourth-order valence-electron chi connectivity index (χ4n) is 8.39. The van der Waals surface area contributed by atoms with Crippen molar-refractivity contribution in [1.29, 1.82) is 0 Å². The summed E-state index contributed by atoms with van der Waals surface area (Å²) in [7, 11) is -9.41. The van der Waals surface area contributed by atoms with Crippen LogP contribution < -0.4 is 0 Å². The second kappa shape index (κ2) is 8.49. The zero-order valence-electron chi connectivity index (χ0n) is 18.9. The van der Waals surface area contributed by atoms with Crippen LogP contribution in [0.4, 0.5) is 0 Å². The third-order valence-corrected chi connectivity index (χ3v) is 10.7. The number of carbonyl (C=O) groups is 1. The number of ketones is 1. The van der Waals surface area contributed by atoms with Gasteiger partial charge in [0.1, 0.15) is 6.61 Å². The van der Waals surface area contributed by atoms with Crippen molar-refractivity contribution in [3.05, 3.63) is 0 Å². The fraction of sp³-hybridized carbons (Fsp3) is 0.952. The fourth-order valence-corrected chi connectivity index (χ4v) is 9.44. The molecule has 0 saturated heterocycles. The first-order valence-corrected chi connectivity index (χ1v) is 14.4. The van der Waals surface area contributed by atoms with Crippen molar-refractivity contribution in [3.8, 4) is 0 Å². The Morgan fingerprint density at radius 1 is 0.848 bits per heavy atom. The number of hydrogen-bond acceptors (Lipinski definition) is 8. The van der Waals surface area contributed by atoms with E-state index in [0.29, 0.717) is 25.7 Å². The molecule has 4 fully saturated rings. The Morgan fingerprint density at radius 3 is 2.06 bits per heavy atom. The molecule has 0 bridgehead atoms. The normalized spacial score (nSPS) is 45.7. The van der Waals surface area contributed by atoms with E-state index in [9.17, 15) is 31.3 Å². The molecule has 33 heavy (non-hydrogen) atoms. The molecule has 0 spiro atoms. The van der Waals surface area contributed by atoms with E-state index in [1.807, 2.05) is 0 Å². The van der Waals surface area contributed by atoms with Gasteiger partial charge >= 0.3 is 20.8 Å². The molecule has 10 nitrogen and oxygen atoms in total. The zero-order valence-corrected chi connectivity index (χ0v) is 20.6. The van der Waals surface area contributed by atoms with Gasteiger partial charge in [-0.1, -0.05) is 13.8 Å². The Hall–Kier alpha value is -0.630. The number of aliphatic hydroxyl groups excluding tert-OH is 1. The molecule has 9 atom stereocenters. The number of fused-ring (bicyclic) bond motifs is 5. The van der Waals surface area contributed by atoms with Crippen LogP contribution in [-0.4, -0.2) is 55.6 Å². The molecule has 0 radical (unpaired) electrons. The molecule has 6 unspecified atom stereocenters. The van der Waals surface area contributed by atoms with Crippen molar-refractivity contribution in [2.24, 2.45) is 40.4 Å². The van der Waals surface area contributed by atoms with Crippen LogP contribution in [0.5, 0.6) is 0 Å². The molecule has 0 aliphatic heterocycles. The number of Topliss-reactive ketones (excluding diaryl/α,β-unsaturated/α-hetero) is 1. The van der Waals surface area contributed by atoms with E-state index in [2.05, 4.69) is 13.8 Å². The Balaban J connectivity index is 1.67. The summed E-state index contributed by atoms with van der Waals surface area (Å²) in [6, 6.07) is 0. The molecule has 4 aliphatic rings. The Bertz CT molecular complexity index is 995. The van der Waals surface area contributed by atoms with Gasteiger partial charge in [0.2, 0.25) is 0 Å². The number of aliphatic hydroxyl groups is 1. The van der Waals surface area contributed by atoms with Crippen LogP contribution in [0, 0.1) is 40.4 Å². The molecule has 0 aromatic carbocycles. The van der Waals surface area contributed by atoms with Crippen LogP contribution in [0.2, 0.25) is 0 Å². The first kappa shape index (κ1) is 25.5. The van der Waals surface area contributed by atoms with Gasteiger partial charge < -0.3 is 5.11 Å². The summed E-state index contributed by atoms with van der Waals surface area (Å²) in [5, 5.41) is 9.47. The molecule has 0 aromatic heterocycles. The summed E-state index contributed by atoms with van der Waals surface area (Å²) in [6.45, 7) is 3.69. The summed E-state index contributed by atoms with van der Waals surface area (Å²) >= 11 is 0. The molecule has 0 heterocycles. The van der Waals surface area contributed by atoms with Crippen molar-refractivity contribution >= 4 is 26.6 Å². The lowest BCUT2D eigenvalue weighted by Gasteiger charge is -2.62. The van der Waals surface area contributed by atoms with Crippen molar-refractivity contribution < 1.29 is 44.2 Å². The van der Waals surface area contributed by atoms with Crippen LogP contribution >= 0.6 is 0 Å². The Labute approximate surface area is 195 Å². The summed E-state index contributed by atoms with van der Waals surface area (Å²) in [5.41, 5.74) is -0.657. The minimum atomic E-state index is -4.75. The first-order valence-electron chi connectivity index (χ1n) is 11.6. The van der Waals surface area contributed by atoms with E-state index in [-0.39, 0.29) is 52.6 Å². The van der Waals surface area contributed by atoms with Gasteiger partial charge in [0.25, 0.3) is 0 Å². The van der Waals surface area contributed by atoms with E-state index in [4.69, 9.17) is 12.9 Å². The van der Waals surface area contributed by atoms with Gasteiger partial charge in [0, 0.05) is 5.92 Å². The van der Waals surface area contributed by atoms with Crippen molar-refractivity contribution in [1.82, 2.24) is 0 Å². The van der Waals surface area contributed by atoms with Crippen molar-refractivity contribution in [2.75, 3.05) is 6.61 Å². The predicted octanol–water partition coefficient (Wildman–Crippen LogP) is 2.19. The van der Waals surface area contributed by atoms with Crippen LogP contribution in [0.15, 0.2) is 0 Å². The summed E-state index contributed by atoms with van der Waals surface area (Å²) < 4.78 is 74.6. The van der Waals surface area contributed by atoms with Crippen molar-refractivity contribution in [2.45, 2.75) is 77.4 Å². The number of hydrogen-bond donors (Lipinski definition) is 3. The summed E-state index contributed by atoms with van der Waals surface area (Å²) in [4.78, 5) is 12.5. The predicted molar refractivity (Wildman–Crippen MR) is 116 cm³/mol. The largest absolute Gasteiger partial charge is 0.397 e. The number of rotatable bonds is 6. The van der Waals surface area contributed by atoms with Gasteiger partial charge in [-0.25, -0.2) is 8.37 Å². The van der Waals surface area contributed by atoms with Crippen LogP contribution in [0.25, 0.3) is 0 Å². The summed E-state index contributed by atoms with van der Waals surface area (Å²) in [5.74, 6) is -0.301. The first-order chi connectivity index (χ1) is 15.2. The number of carbonyl (C=O) groups excluding carboxylic acids is 1. The van der Waals surface area contributed by atoms with Gasteiger partial charge in [-0.2, -0.15) is 16.8 Å². The van der Waals surface area contributed by atoms with Gasteiger partial charge in [-0.05, 0) is 85.9 Å². The average molecular weight is 511 g/mol. The van der Waals surface area contributed by atoms with E-state index < -0.39 is 39.6 Å². The smallest absolute Gasteiger partial charge is 0.389 e. The maximum absolute atomic E-state index is 12.5. The monoisotopic (exact) mass is 510 g/mol. The third kappa shape index (κ3) is 4.64. The molecular weight excluding hydrogens is 476 g/mol. The van der Waals surface area contributed by atoms with E-state index in [1.165, 1.54) is 0 Å². The van der Waals surface area contributed by atoms with Crippen molar-refractivity contribution in [3.63, 3.8) is 0 Å². The lowest BCUT2D eigenvalue weighted by molar-refractivity contribution is -0.165. The quantitative estimate of drug-likeness (QED) is 0.451. The molecule has 0 amide bonds. The maximum Gasteiger partial charge on any atom is 0.397 e. The third-order valence-electron chi connectivity index (χ3n) is 9.65. The highest BCUT2D eigenvalue weighted by atomic mass is 32.3. The minimum absolute atomic E-state index is 0.0762. The van der Waals surface area contributed by atoms with Gasteiger partial charge in [-0.3, -0.25) is 13.9 Å². The molecule has 12 heteroatoms. The highest BCUT2D eigenvalue weighted by molar-refractivity contribution is 7.81. The maximum atomic E-state index is 12.5. The molecule has 4 aliphatic carbocycles. The molecule has 190 valence electrons. The lowest BCUT2D eigenvalue weighted by atomic mass is 9.44. The van der Waals surface area contributed by atoms with Gasteiger partial charge in [0.05, 0.1) is 12.2 Å². The highest BCUT2D eigenvalue weighted by Crippen LogP contribution is 2.68. The zero-order chi connectivity index (χ0) is 24.4. The van der Waals surface area contributed by atoms with Gasteiger partial charge in [-0.15, -0.1) is 0 Å². The lowest BCUT2D eigenvalue weighted by Crippen LogP contribution is -2.59. The second-order valence-corrected chi connectivity index (χ2v) is 13.1. The Morgan fingerprint density at radius 2 is 1.45 bits per heavy atom. The Kier molecular flexibility index (Phi) is 6.55. The minimum Gasteiger partial charge on any atom is -0.389 e. The standard InChI is InChI=1S/C21H34O10S2/c1-20-8-6-15-13(14(20)3-4-16(20)18(23)11-22)10-19(31-33(27,28)29)17-9-12(30-32(24,25)26)5-7-21(15,17)2/h12-17,19,22H,3-11H2,1-2H3,(H,24,25,26)(H,27,28,29)/t12-,13?,14?,15?,16?,17+,19-,20?,21?/m0/s1. The van der Waals surface area contributed by atoms with E-state index in [1.54, 1.807) is 0 Å². The molecular formula is C21H34O10S2. The highest BCUT2D eigenvalue weighted by Gasteiger charge is 2.63. The molecule has 4 rings (SSSR count). The summed E-state index contributed by atoms with van der Waals surface area (Å²) in [6.07, 6.45) is 3.00.